The Labute approximate surface area is 245 Å². The zero-order chi connectivity index (χ0) is 28.9. The number of piperazine rings is 1. The maximum Gasteiger partial charge on any atom is 0.277 e. The summed E-state index contributed by atoms with van der Waals surface area (Å²) in [6.07, 6.45) is 3.63. The van der Waals surface area contributed by atoms with Crippen molar-refractivity contribution >= 4 is 61.3 Å². The van der Waals surface area contributed by atoms with Crippen molar-refractivity contribution in [3.8, 4) is 22.6 Å². The minimum Gasteiger partial charge on any atom is -0.493 e. The number of ether oxygens (including phenoxy) is 2. The molecule has 1 aliphatic rings. The van der Waals surface area contributed by atoms with E-state index in [2.05, 4.69) is 15.0 Å². The smallest absolute Gasteiger partial charge is 0.277 e. The first kappa shape index (κ1) is 27.5. The summed E-state index contributed by atoms with van der Waals surface area (Å²) in [5.41, 5.74) is 3.32. The van der Waals surface area contributed by atoms with E-state index in [0.29, 0.717) is 69.7 Å². The van der Waals surface area contributed by atoms with Crippen molar-refractivity contribution in [3.63, 3.8) is 0 Å². The van der Waals surface area contributed by atoms with E-state index in [9.17, 15) is 8.42 Å². The number of imidazole rings is 1. The van der Waals surface area contributed by atoms with Gasteiger partial charge in [-0.2, -0.15) is 17.8 Å². The monoisotopic (exact) mass is 617 g/mol. The molecule has 5 heterocycles. The van der Waals surface area contributed by atoms with Crippen LogP contribution in [0.15, 0.2) is 36.7 Å². The zero-order valence-corrected chi connectivity index (χ0v) is 24.3. The number of halogens is 2. The lowest BCUT2D eigenvalue weighted by molar-refractivity contribution is 0.355. The van der Waals surface area contributed by atoms with Gasteiger partial charge >= 0.3 is 0 Å². The SMILES string of the molecule is COc1cc(Cl)c(-c2cnc(N3CCN(S(N)(=O)=O)CC3)c3nn(Cc4nc5nc(Cl)ccc5[nH]4)cc23)cc1OC. The molecule has 1 aromatic carbocycles. The number of aromatic nitrogens is 6. The van der Waals surface area contributed by atoms with Gasteiger partial charge in [0.05, 0.1) is 31.3 Å². The maximum atomic E-state index is 11.8. The van der Waals surface area contributed by atoms with Crippen molar-refractivity contribution in [2.75, 3.05) is 45.3 Å². The molecule has 5 aromatic rings. The van der Waals surface area contributed by atoms with Gasteiger partial charge in [-0.15, -0.1) is 0 Å². The fourth-order valence-corrected chi connectivity index (χ4v) is 6.00. The first-order valence-corrected chi connectivity index (χ1v) is 14.7. The number of aromatic amines is 1. The maximum absolute atomic E-state index is 11.8. The number of H-pyrrole nitrogens is 1. The van der Waals surface area contributed by atoms with E-state index < -0.39 is 10.2 Å². The second-order valence-corrected chi connectivity index (χ2v) is 11.7. The van der Waals surface area contributed by atoms with E-state index in [-0.39, 0.29) is 13.1 Å². The molecule has 0 atom stereocenters. The molecule has 0 bridgehead atoms. The molecule has 13 nitrogen and oxygen atoms in total. The summed E-state index contributed by atoms with van der Waals surface area (Å²) in [5.74, 6) is 2.28. The Morgan fingerprint density at radius 1 is 1.02 bits per heavy atom. The lowest BCUT2D eigenvalue weighted by atomic mass is 10.0. The summed E-state index contributed by atoms with van der Waals surface area (Å²) in [5, 5.41) is 11.8. The van der Waals surface area contributed by atoms with Crippen LogP contribution in [-0.4, -0.2) is 82.8 Å². The van der Waals surface area contributed by atoms with Gasteiger partial charge < -0.3 is 19.4 Å². The zero-order valence-electron chi connectivity index (χ0n) is 22.0. The summed E-state index contributed by atoms with van der Waals surface area (Å²) < 4.78 is 37.6. The molecule has 1 fully saturated rings. The predicted molar refractivity (Wildman–Crippen MR) is 156 cm³/mol. The summed E-state index contributed by atoms with van der Waals surface area (Å²) >= 11 is 12.7. The van der Waals surface area contributed by atoms with Crippen molar-refractivity contribution in [2.45, 2.75) is 6.54 Å². The topological polar surface area (TPSA) is 157 Å². The van der Waals surface area contributed by atoms with E-state index in [1.54, 1.807) is 43.3 Å². The van der Waals surface area contributed by atoms with Crippen molar-refractivity contribution in [2.24, 2.45) is 5.14 Å². The summed E-state index contributed by atoms with van der Waals surface area (Å²) in [4.78, 5) is 18.8. The van der Waals surface area contributed by atoms with E-state index in [1.807, 2.05) is 17.2 Å². The molecule has 0 amide bonds. The molecule has 214 valence electrons. The molecule has 0 radical (unpaired) electrons. The number of nitrogens with one attached hydrogen (secondary N) is 1. The van der Waals surface area contributed by atoms with Crippen LogP contribution in [0.4, 0.5) is 5.82 Å². The van der Waals surface area contributed by atoms with Crippen molar-refractivity contribution in [1.82, 2.24) is 34.0 Å². The van der Waals surface area contributed by atoms with Crippen LogP contribution < -0.4 is 19.5 Å². The van der Waals surface area contributed by atoms with Gasteiger partial charge in [-0.3, -0.25) is 4.68 Å². The van der Waals surface area contributed by atoms with E-state index in [0.717, 1.165) is 16.5 Å². The molecule has 0 aliphatic carbocycles. The van der Waals surface area contributed by atoms with Crippen LogP contribution in [0.5, 0.6) is 11.5 Å². The minimum absolute atomic E-state index is 0.237. The number of hydrogen-bond acceptors (Lipinski definition) is 9. The molecular weight excluding hydrogens is 593 g/mol. The van der Waals surface area contributed by atoms with Crippen LogP contribution in [0.2, 0.25) is 10.2 Å². The van der Waals surface area contributed by atoms with E-state index >= 15 is 0 Å². The lowest BCUT2D eigenvalue weighted by Gasteiger charge is -2.33. The number of anilines is 1. The Morgan fingerprint density at radius 3 is 2.46 bits per heavy atom. The summed E-state index contributed by atoms with van der Waals surface area (Å²) in [7, 11) is -0.671. The molecule has 0 saturated carbocycles. The Balaban J connectivity index is 1.45. The number of fused-ring (bicyclic) bond motifs is 2. The van der Waals surface area contributed by atoms with Crippen molar-refractivity contribution in [1.29, 1.82) is 0 Å². The van der Waals surface area contributed by atoms with Gasteiger partial charge in [0.15, 0.2) is 23.0 Å². The Bertz CT molecular complexity index is 1890. The number of methoxy groups -OCH3 is 2. The number of pyridine rings is 2. The average Bonchev–Trinajstić information content (AvgIpc) is 3.55. The largest absolute Gasteiger partial charge is 0.493 e. The summed E-state index contributed by atoms with van der Waals surface area (Å²) in [6.45, 7) is 1.59. The lowest BCUT2D eigenvalue weighted by Crippen LogP contribution is -2.51. The van der Waals surface area contributed by atoms with E-state index in [4.69, 9.17) is 47.9 Å². The molecule has 1 saturated heterocycles. The number of nitrogens with two attached hydrogens (primary N) is 1. The Morgan fingerprint density at radius 2 is 1.76 bits per heavy atom. The molecule has 16 heteroatoms. The van der Waals surface area contributed by atoms with Gasteiger partial charge in [0.25, 0.3) is 10.2 Å². The first-order chi connectivity index (χ1) is 19.6. The molecule has 4 aromatic heterocycles. The highest BCUT2D eigenvalue weighted by atomic mass is 35.5. The Kier molecular flexibility index (Phi) is 7.11. The number of benzene rings is 1. The third-order valence-corrected chi connectivity index (χ3v) is 8.52. The summed E-state index contributed by atoms with van der Waals surface area (Å²) in [6, 6.07) is 7.01. The third-order valence-electron chi connectivity index (χ3n) is 6.91. The second-order valence-electron chi connectivity index (χ2n) is 9.39. The van der Waals surface area contributed by atoms with Crippen LogP contribution in [0.1, 0.15) is 5.82 Å². The third kappa shape index (κ3) is 5.24. The highest BCUT2D eigenvalue weighted by Gasteiger charge is 2.27. The van der Waals surface area contributed by atoms with Gasteiger partial charge in [0, 0.05) is 61.2 Å². The molecule has 3 N–H and O–H groups in total. The fraction of sp³-hybridized carbons (Fsp3) is 0.280. The Hall–Kier alpha value is -3.69. The minimum atomic E-state index is -3.77. The normalized spacial score (nSPS) is 14.7. The number of hydrogen-bond donors (Lipinski definition) is 2. The second kappa shape index (κ2) is 10.6. The van der Waals surface area contributed by atoms with Crippen LogP contribution >= 0.6 is 23.2 Å². The van der Waals surface area contributed by atoms with Crippen LogP contribution in [0.25, 0.3) is 33.2 Å². The quantitative estimate of drug-likeness (QED) is 0.262. The van der Waals surface area contributed by atoms with Crippen LogP contribution in [0.3, 0.4) is 0 Å². The first-order valence-electron chi connectivity index (χ1n) is 12.5. The predicted octanol–water partition coefficient (Wildman–Crippen LogP) is 3.07. The average molecular weight is 619 g/mol. The molecule has 0 unspecified atom stereocenters. The van der Waals surface area contributed by atoms with Crippen LogP contribution in [0, 0.1) is 0 Å². The number of rotatable bonds is 7. The van der Waals surface area contributed by atoms with Gasteiger partial charge in [0.2, 0.25) is 0 Å². The number of nitrogens with zero attached hydrogens (tertiary/aromatic N) is 7. The van der Waals surface area contributed by atoms with Crippen molar-refractivity contribution < 1.29 is 17.9 Å². The van der Waals surface area contributed by atoms with Gasteiger partial charge in [-0.25, -0.2) is 20.1 Å². The van der Waals surface area contributed by atoms with Crippen LogP contribution in [-0.2, 0) is 16.8 Å². The van der Waals surface area contributed by atoms with Crippen molar-refractivity contribution in [3.05, 3.63) is 52.7 Å². The molecule has 1 aliphatic heterocycles. The molecule has 6 rings (SSSR count). The standard InChI is InChI=1S/C25H25Cl2N9O4S/c1-39-19-9-14(17(26)10-20(19)40-2)15-11-29-25(34-5-7-36(8-6-34)41(28,37)38)23-16(15)12-35(33-23)13-22-30-18-3-4-21(27)31-24(18)32-22/h3-4,9-12H,5-8,13H2,1-2H3,(H2,28,37,38)(H,30,31,32). The van der Waals surface area contributed by atoms with Gasteiger partial charge in [-0.1, -0.05) is 23.2 Å². The molecule has 0 spiro atoms. The van der Waals surface area contributed by atoms with Gasteiger partial charge in [0.1, 0.15) is 16.5 Å². The fourth-order valence-electron chi connectivity index (χ4n) is 4.93. The van der Waals surface area contributed by atoms with E-state index in [1.165, 1.54) is 4.31 Å². The highest BCUT2D eigenvalue weighted by molar-refractivity contribution is 7.86. The molecule has 41 heavy (non-hydrogen) atoms. The molecular formula is C25H25Cl2N9O4S. The van der Waals surface area contributed by atoms with Gasteiger partial charge in [-0.05, 0) is 18.2 Å². The highest BCUT2D eigenvalue weighted by Crippen LogP contribution is 2.41.